The zero-order chi connectivity index (χ0) is 26.6. The lowest BCUT2D eigenvalue weighted by atomic mass is 9.99. The smallest absolute Gasteiger partial charge is 0.338 e. The fourth-order valence-corrected chi connectivity index (χ4v) is 4.00. The molecular formula is C32H48O4. The number of aromatic carboxylic acids is 1. The predicted molar refractivity (Wildman–Crippen MR) is 150 cm³/mol. The molecule has 0 aliphatic carbocycles. The van der Waals surface area contributed by atoms with Gasteiger partial charge in [0, 0.05) is 0 Å². The first-order valence-corrected chi connectivity index (χ1v) is 13.8. The molecule has 0 aliphatic heterocycles. The zero-order valence-electron chi connectivity index (χ0n) is 23.0. The van der Waals surface area contributed by atoms with Crippen LogP contribution in [0.2, 0.25) is 0 Å². The summed E-state index contributed by atoms with van der Waals surface area (Å²) in [6.07, 6.45) is 12.9. The van der Waals surface area contributed by atoms with Crippen LogP contribution in [0.3, 0.4) is 0 Å². The summed E-state index contributed by atoms with van der Waals surface area (Å²) in [5, 5.41) is 9.07. The van der Waals surface area contributed by atoms with E-state index in [0.717, 1.165) is 43.1 Å². The molecule has 200 valence electrons. The van der Waals surface area contributed by atoms with Crippen molar-refractivity contribution in [3.8, 4) is 0 Å². The van der Waals surface area contributed by atoms with Crippen LogP contribution in [0, 0.1) is 11.8 Å². The molecule has 0 atom stereocenters. The minimum atomic E-state index is -0.814. The summed E-state index contributed by atoms with van der Waals surface area (Å²) in [5.41, 5.74) is 2.06. The Hall–Kier alpha value is -2.62. The molecule has 0 saturated heterocycles. The predicted octanol–water partition coefficient (Wildman–Crippen LogP) is 8.98. The standard InChI is InChI=1S/2C16H24O2/c1-14(2)10-6-3-4-9-13-18-16(17)15-11-7-5-8-12-15;1-13(2)9-5-3-4-6-10-14-11-7-8-12-15(14)16(17)18/h5,7-8,11-12,14H,3-4,6,9-10,13H2,1-2H3;7-8,11-13H,3-6,9-10H2,1-2H3,(H,17,18). The molecule has 0 heterocycles. The largest absolute Gasteiger partial charge is 0.478 e. The minimum Gasteiger partial charge on any atom is -0.478 e. The van der Waals surface area contributed by atoms with Crippen molar-refractivity contribution < 1.29 is 19.4 Å². The van der Waals surface area contributed by atoms with Crippen molar-refractivity contribution in [2.45, 2.75) is 98.3 Å². The van der Waals surface area contributed by atoms with Crippen LogP contribution in [0.25, 0.3) is 0 Å². The first-order valence-electron chi connectivity index (χ1n) is 13.8. The Kier molecular flexibility index (Phi) is 17.1. The lowest BCUT2D eigenvalue weighted by molar-refractivity contribution is 0.0497. The summed E-state index contributed by atoms with van der Waals surface area (Å²) < 4.78 is 5.22. The molecule has 0 aromatic heterocycles. The Labute approximate surface area is 219 Å². The van der Waals surface area contributed by atoms with E-state index in [-0.39, 0.29) is 5.97 Å². The van der Waals surface area contributed by atoms with Crippen molar-refractivity contribution in [2.24, 2.45) is 11.8 Å². The second-order valence-electron chi connectivity index (χ2n) is 10.4. The number of esters is 1. The molecule has 0 saturated carbocycles. The van der Waals surface area contributed by atoms with Gasteiger partial charge in [0.15, 0.2) is 0 Å². The number of benzene rings is 2. The van der Waals surface area contributed by atoms with Gasteiger partial charge in [-0.25, -0.2) is 9.59 Å². The van der Waals surface area contributed by atoms with E-state index < -0.39 is 5.97 Å². The molecule has 0 unspecified atom stereocenters. The van der Waals surface area contributed by atoms with Crippen LogP contribution in [0.15, 0.2) is 54.6 Å². The normalized spacial score (nSPS) is 10.7. The number of ether oxygens (including phenoxy) is 1. The quantitative estimate of drug-likeness (QED) is 0.186. The van der Waals surface area contributed by atoms with Gasteiger partial charge in [-0.1, -0.05) is 115 Å². The highest BCUT2D eigenvalue weighted by molar-refractivity contribution is 5.89. The summed E-state index contributed by atoms with van der Waals surface area (Å²) in [7, 11) is 0. The van der Waals surface area contributed by atoms with Gasteiger partial charge in [0.2, 0.25) is 0 Å². The molecule has 36 heavy (non-hydrogen) atoms. The monoisotopic (exact) mass is 496 g/mol. The van der Waals surface area contributed by atoms with Gasteiger partial charge in [0.05, 0.1) is 17.7 Å². The summed E-state index contributed by atoms with van der Waals surface area (Å²) in [4.78, 5) is 22.6. The van der Waals surface area contributed by atoms with Crippen molar-refractivity contribution in [2.75, 3.05) is 6.61 Å². The Morgan fingerprint density at radius 1 is 0.694 bits per heavy atom. The number of rotatable bonds is 16. The summed E-state index contributed by atoms with van der Waals surface area (Å²) >= 11 is 0. The van der Waals surface area contributed by atoms with Crippen molar-refractivity contribution >= 4 is 11.9 Å². The number of aryl methyl sites for hydroxylation is 1. The average molecular weight is 497 g/mol. The van der Waals surface area contributed by atoms with Crippen LogP contribution in [-0.4, -0.2) is 23.7 Å². The second-order valence-corrected chi connectivity index (χ2v) is 10.4. The van der Waals surface area contributed by atoms with Gasteiger partial charge in [-0.05, 0) is 54.9 Å². The van der Waals surface area contributed by atoms with E-state index in [1.54, 1.807) is 24.3 Å². The number of carboxylic acids is 1. The van der Waals surface area contributed by atoms with Crippen LogP contribution in [-0.2, 0) is 11.2 Å². The number of hydrogen-bond acceptors (Lipinski definition) is 3. The maximum absolute atomic E-state index is 11.6. The molecule has 4 nitrogen and oxygen atoms in total. The van der Waals surface area contributed by atoms with Gasteiger partial charge >= 0.3 is 11.9 Å². The molecule has 0 aliphatic rings. The van der Waals surface area contributed by atoms with Crippen molar-refractivity contribution in [1.29, 1.82) is 0 Å². The topological polar surface area (TPSA) is 63.6 Å². The Balaban J connectivity index is 0.000000360. The van der Waals surface area contributed by atoms with E-state index in [1.807, 2.05) is 30.3 Å². The maximum Gasteiger partial charge on any atom is 0.338 e. The molecule has 0 amide bonds. The van der Waals surface area contributed by atoms with Crippen LogP contribution >= 0.6 is 0 Å². The van der Waals surface area contributed by atoms with E-state index in [9.17, 15) is 9.59 Å². The van der Waals surface area contributed by atoms with E-state index in [4.69, 9.17) is 9.84 Å². The molecule has 4 heteroatoms. The zero-order valence-corrected chi connectivity index (χ0v) is 23.0. The van der Waals surface area contributed by atoms with Gasteiger partial charge in [0.25, 0.3) is 0 Å². The summed E-state index contributed by atoms with van der Waals surface area (Å²) in [6, 6.07) is 16.5. The number of unbranched alkanes of at least 4 members (excludes halogenated alkanes) is 6. The number of carbonyl (C=O) groups excluding carboxylic acids is 1. The Morgan fingerprint density at radius 3 is 1.81 bits per heavy atom. The first kappa shape index (κ1) is 31.4. The molecule has 0 bridgehead atoms. The van der Waals surface area contributed by atoms with Crippen molar-refractivity contribution in [1.82, 2.24) is 0 Å². The molecule has 2 aromatic carbocycles. The molecule has 0 radical (unpaired) electrons. The van der Waals surface area contributed by atoms with Crippen molar-refractivity contribution in [3.63, 3.8) is 0 Å². The van der Waals surface area contributed by atoms with Gasteiger partial charge in [-0.3, -0.25) is 0 Å². The van der Waals surface area contributed by atoms with E-state index in [1.165, 1.54) is 44.9 Å². The van der Waals surface area contributed by atoms with Crippen LogP contribution in [0.1, 0.15) is 118 Å². The van der Waals surface area contributed by atoms with Gasteiger partial charge in [0.1, 0.15) is 0 Å². The molecule has 0 fully saturated rings. The highest BCUT2D eigenvalue weighted by atomic mass is 16.5. The van der Waals surface area contributed by atoms with Crippen LogP contribution < -0.4 is 0 Å². The maximum atomic E-state index is 11.6. The lowest BCUT2D eigenvalue weighted by Gasteiger charge is -2.06. The van der Waals surface area contributed by atoms with Gasteiger partial charge in [-0.15, -0.1) is 0 Å². The number of carbonyl (C=O) groups is 2. The minimum absolute atomic E-state index is 0.210. The fraction of sp³-hybridized carbons (Fsp3) is 0.562. The molecule has 2 aromatic rings. The third kappa shape index (κ3) is 15.4. The molecular weight excluding hydrogens is 448 g/mol. The first-order chi connectivity index (χ1) is 17.3. The molecule has 0 spiro atoms. The third-order valence-corrected chi connectivity index (χ3v) is 6.14. The number of carboxylic acid groups (broad SMARTS) is 1. The fourth-order valence-electron chi connectivity index (χ4n) is 4.00. The van der Waals surface area contributed by atoms with Crippen LogP contribution in [0.5, 0.6) is 0 Å². The molecule has 2 rings (SSSR count). The van der Waals surface area contributed by atoms with Crippen LogP contribution in [0.4, 0.5) is 0 Å². The third-order valence-electron chi connectivity index (χ3n) is 6.14. The Morgan fingerprint density at radius 2 is 1.22 bits per heavy atom. The summed E-state index contributed by atoms with van der Waals surface area (Å²) in [5.74, 6) is 0.557. The lowest BCUT2D eigenvalue weighted by Crippen LogP contribution is -2.06. The number of hydrogen-bond donors (Lipinski definition) is 1. The Bertz CT molecular complexity index is 842. The van der Waals surface area contributed by atoms with E-state index in [2.05, 4.69) is 27.7 Å². The second kappa shape index (κ2) is 19.6. The van der Waals surface area contributed by atoms with E-state index in [0.29, 0.717) is 17.7 Å². The molecule has 1 N–H and O–H groups in total. The average Bonchev–Trinajstić information content (AvgIpc) is 2.86. The highest BCUT2D eigenvalue weighted by Gasteiger charge is 2.08. The van der Waals surface area contributed by atoms with Crippen molar-refractivity contribution in [3.05, 3.63) is 71.3 Å². The van der Waals surface area contributed by atoms with Gasteiger partial charge < -0.3 is 9.84 Å². The summed E-state index contributed by atoms with van der Waals surface area (Å²) in [6.45, 7) is 9.55. The van der Waals surface area contributed by atoms with E-state index >= 15 is 0 Å². The SMILES string of the molecule is CC(C)CCCCCCOC(=O)c1ccccc1.CC(C)CCCCCCc1ccccc1C(=O)O. The van der Waals surface area contributed by atoms with Gasteiger partial charge in [-0.2, -0.15) is 0 Å². The highest BCUT2D eigenvalue weighted by Crippen LogP contribution is 2.15.